The molecule has 0 saturated carbocycles. The highest BCUT2D eigenvalue weighted by molar-refractivity contribution is 9.10. The summed E-state index contributed by atoms with van der Waals surface area (Å²) in [4.78, 5) is 26.8. The lowest BCUT2D eigenvalue weighted by atomic mass is 10.1. The zero-order chi connectivity index (χ0) is 15.6. The molecule has 0 aromatic heterocycles. The van der Waals surface area contributed by atoms with E-state index < -0.39 is 12.1 Å². The molecule has 3 amide bonds. The first-order chi connectivity index (χ1) is 9.90. The fraction of sp³-hybridized carbons (Fsp3) is 0.429. The molecule has 7 heteroatoms. The minimum Gasteiger partial charge on any atom is -0.351 e. The molecule has 1 aliphatic heterocycles. The SMILES string of the molecule is CN(Cc1cc(Br)ccc1Cl)C(=O)[C@@H]1CCCN1C(N)=O. The fourth-order valence-corrected chi connectivity index (χ4v) is 3.13. The molecule has 1 atom stereocenters. The van der Waals surface area contributed by atoms with Crippen molar-refractivity contribution in [1.29, 1.82) is 0 Å². The van der Waals surface area contributed by atoms with Crippen molar-refractivity contribution in [2.75, 3.05) is 13.6 Å². The summed E-state index contributed by atoms with van der Waals surface area (Å²) in [5.41, 5.74) is 6.16. The van der Waals surface area contributed by atoms with E-state index in [2.05, 4.69) is 15.9 Å². The minimum atomic E-state index is -0.542. The van der Waals surface area contributed by atoms with Crippen LogP contribution in [0.2, 0.25) is 5.02 Å². The van der Waals surface area contributed by atoms with Crippen molar-refractivity contribution in [2.24, 2.45) is 5.73 Å². The van der Waals surface area contributed by atoms with Gasteiger partial charge in [0.05, 0.1) is 0 Å². The molecule has 5 nitrogen and oxygen atoms in total. The molecule has 0 unspecified atom stereocenters. The predicted octanol–water partition coefficient (Wildman–Crippen LogP) is 2.60. The van der Waals surface area contributed by atoms with Gasteiger partial charge in [0.1, 0.15) is 6.04 Å². The molecule has 0 radical (unpaired) electrons. The largest absolute Gasteiger partial charge is 0.351 e. The van der Waals surface area contributed by atoms with Gasteiger partial charge >= 0.3 is 6.03 Å². The molecule has 0 bridgehead atoms. The van der Waals surface area contributed by atoms with Crippen LogP contribution in [-0.2, 0) is 11.3 Å². The highest BCUT2D eigenvalue weighted by Crippen LogP contribution is 2.24. The number of hydrogen-bond acceptors (Lipinski definition) is 2. The smallest absolute Gasteiger partial charge is 0.315 e. The first-order valence-electron chi connectivity index (χ1n) is 6.65. The van der Waals surface area contributed by atoms with Crippen molar-refractivity contribution in [3.8, 4) is 0 Å². The topological polar surface area (TPSA) is 66.6 Å². The van der Waals surface area contributed by atoms with Crippen molar-refractivity contribution < 1.29 is 9.59 Å². The van der Waals surface area contributed by atoms with Gasteiger partial charge in [-0.25, -0.2) is 4.79 Å². The Morgan fingerprint density at radius 1 is 1.52 bits per heavy atom. The maximum Gasteiger partial charge on any atom is 0.315 e. The van der Waals surface area contributed by atoms with Gasteiger partial charge < -0.3 is 15.5 Å². The fourth-order valence-electron chi connectivity index (χ4n) is 2.54. The summed E-state index contributed by atoms with van der Waals surface area (Å²) in [6.45, 7) is 0.928. The molecule has 2 rings (SSSR count). The van der Waals surface area contributed by atoms with E-state index in [0.717, 1.165) is 16.5 Å². The van der Waals surface area contributed by atoms with E-state index in [4.69, 9.17) is 17.3 Å². The summed E-state index contributed by atoms with van der Waals surface area (Å²) < 4.78 is 0.905. The molecule has 1 fully saturated rings. The van der Waals surface area contributed by atoms with E-state index in [0.29, 0.717) is 24.5 Å². The van der Waals surface area contributed by atoms with Crippen LogP contribution in [0.25, 0.3) is 0 Å². The summed E-state index contributed by atoms with van der Waals surface area (Å²) >= 11 is 9.53. The molecule has 1 aliphatic rings. The van der Waals surface area contributed by atoms with Gasteiger partial charge in [0.2, 0.25) is 5.91 Å². The number of likely N-dealkylation sites (tertiary alicyclic amines) is 1. The number of halogens is 2. The van der Waals surface area contributed by atoms with Gasteiger partial charge in [-0.1, -0.05) is 27.5 Å². The zero-order valence-electron chi connectivity index (χ0n) is 11.7. The second-order valence-electron chi connectivity index (χ2n) is 5.12. The predicted molar refractivity (Wildman–Crippen MR) is 84.9 cm³/mol. The number of hydrogen-bond donors (Lipinski definition) is 1. The van der Waals surface area contributed by atoms with E-state index in [1.54, 1.807) is 18.0 Å². The average Bonchev–Trinajstić information content (AvgIpc) is 2.91. The number of primary amides is 1. The number of amides is 3. The van der Waals surface area contributed by atoms with Crippen LogP contribution in [0, 0.1) is 0 Å². The lowest BCUT2D eigenvalue weighted by molar-refractivity contribution is -0.134. The van der Waals surface area contributed by atoms with E-state index in [1.807, 2.05) is 12.1 Å². The lowest BCUT2D eigenvalue weighted by Gasteiger charge is -2.27. The van der Waals surface area contributed by atoms with Crippen molar-refractivity contribution in [3.63, 3.8) is 0 Å². The number of nitrogens with two attached hydrogens (primary N) is 1. The van der Waals surface area contributed by atoms with Gasteiger partial charge in [-0.05, 0) is 36.6 Å². The maximum atomic E-state index is 12.5. The van der Waals surface area contributed by atoms with Crippen molar-refractivity contribution in [1.82, 2.24) is 9.80 Å². The van der Waals surface area contributed by atoms with Crippen LogP contribution >= 0.6 is 27.5 Å². The van der Waals surface area contributed by atoms with Crippen molar-refractivity contribution in [3.05, 3.63) is 33.3 Å². The van der Waals surface area contributed by atoms with E-state index >= 15 is 0 Å². The van der Waals surface area contributed by atoms with E-state index in [-0.39, 0.29) is 5.91 Å². The Hall–Kier alpha value is -1.27. The van der Waals surface area contributed by atoms with Crippen LogP contribution in [0.4, 0.5) is 4.79 Å². The standard InChI is InChI=1S/C14H17BrClN3O2/c1-18(8-9-7-10(15)4-5-11(9)16)13(20)12-3-2-6-19(12)14(17)21/h4-5,7,12H,2-3,6,8H2,1H3,(H2,17,21)/t12-/m0/s1. The van der Waals surface area contributed by atoms with Crippen LogP contribution in [-0.4, -0.2) is 41.4 Å². The average molecular weight is 375 g/mol. The Morgan fingerprint density at radius 2 is 2.24 bits per heavy atom. The van der Waals surface area contributed by atoms with Gasteiger partial charge in [0.15, 0.2) is 0 Å². The number of carbonyl (C=O) groups excluding carboxylic acids is 2. The summed E-state index contributed by atoms with van der Waals surface area (Å²) in [5, 5.41) is 0.607. The van der Waals surface area contributed by atoms with Crippen LogP contribution in [0.5, 0.6) is 0 Å². The third kappa shape index (κ3) is 3.68. The highest BCUT2D eigenvalue weighted by Gasteiger charge is 2.34. The van der Waals surface area contributed by atoms with Crippen LogP contribution in [0.3, 0.4) is 0 Å². The Bertz CT molecular complexity index is 567. The zero-order valence-corrected chi connectivity index (χ0v) is 14.0. The monoisotopic (exact) mass is 373 g/mol. The number of rotatable bonds is 3. The molecule has 1 saturated heterocycles. The molecule has 1 aromatic carbocycles. The van der Waals surface area contributed by atoms with Crippen LogP contribution in [0.1, 0.15) is 18.4 Å². The summed E-state index contributed by atoms with van der Waals surface area (Å²) in [6.07, 6.45) is 1.45. The van der Waals surface area contributed by atoms with Gasteiger partial charge in [0.25, 0.3) is 0 Å². The van der Waals surface area contributed by atoms with E-state index in [1.165, 1.54) is 4.90 Å². The number of urea groups is 1. The molecular formula is C14H17BrClN3O2. The summed E-state index contributed by atoms with van der Waals surface area (Å²) in [7, 11) is 1.71. The molecule has 114 valence electrons. The van der Waals surface area contributed by atoms with Gasteiger partial charge in [-0.15, -0.1) is 0 Å². The van der Waals surface area contributed by atoms with Gasteiger partial charge in [-0.2, -0.15) is 0 Å². The number of carbonyl (C=O) groups is 2. The van der Waals surface area contributed by atoms with Crippen LogP contribution in [0.15, 0.2) is 22.7 Å². The maximum absolute atomic E-state index is 12.5. The van der Waals surface area contributed by atoms with Crippen molar-refractivity contribution in [2.45, 2.75) is 25.4 Å². The quantitative estimate of drug-likeness (QED) is 0.883. The van der Waals surface area contributed by atoms with Gasteiger partial charge in [-0.3, -0.25) is 4.79 Å². The molecule has 21 heavy (non-hydrogen) atoms. The second kappa shape index (κ2) is 6.66. The third-order valence-corrected chi connectivity index (χ3v) is 4.47. The molecule has 0 spiro atoms. The Morgan fingerprint density at radius 3 is 2.90 bits per heavy atom. The Kier molecular flexibility index (Phi) is 5.11. The number of nitrogens with zero attached hydrogens (tertiary/aromatic N) is 2. The minimum absolute atomic E-state index is 0.109. The van der Waals surface area contributed by atoms with Crippen LogP contribution < -0.4 is 5.73 Å². The second-order valence-corrected chi connectivity index (χ2v) is 6.44. The normalized spacial score (nSPS) is 17.9. The lowest BCUT2D eigenvalue weighted by Crippen LogP contribution is -2.48. The molecule has 0 aliphatic carbocycles. The van der Waals surface area contributed by atoms with Crippen molar-refractivity contribution >= 4 is 39.5 Å². The molecular weight excluding hydrogens is 358 g/mol. The molecule has 1 aromatic rings. The first-order valence-corrected chi connectivity index (χ1v) is 7.82. The third-order valence-electron chi connectivity index (χ3n) is 3.61. The van der Waals surface area contributed by atoms with E-state index in [9.17, 15) is 9.59 Å². The number of likely N-dealkylation sites (N-methyl/N-ethyl adjacent to an activating group) is 1. The summed E-state index contributed by atoms with van der Waals surface area (Å²) in [5.74, 6) is -0.109. The Balaban J connectivity index is 2.09. The Labute approximate surface area is 137 Å². The highest BCUT2D eigenvalue weighted by atomic mass is 79.9. The summed E-state index contributed by atoms with van der Waals surface area (Å²) in [6, 6.07) is 4.51. The van der Waals surface area contributed by atoms with Gasteiger partial charge in [0, 0.05) is 29.6 Å². The number of benzene rings is 1. The first kappa shape index (κ1) is 16.1. The molecule has 2 N–H and O–H groups in total. The molecule has 1 heterocycles.